The van der Waals surface area contributed by atoms with Gasteiger partial charge in [0.15, 0.2) is 0 Å². The summed E-state index contributed by atoms with van der Waals surface area (Å²) in [7, 11) is 0. The molecule has 0 bridgehead atoms. The van der Waals surface area contributed by atoms with E-state index in [4.69, 9.17) is 0 Å². The minimum atomic E-state index is -1.62. The van der Waals surface area contributed by atoms with Crippen molar-refractivity contribution in [1.82, 2.24) is 0 Å². The normalized spacial score (nSPS) is 12.0. The Balaban J connectivity index is 4.16. The van der Waals surface area contributed by atoms with E-state index in [0.717, 1.165) is 0 Å². The molecular formula is C14H32Sn. The number of rotatable bonds is 10. The summed E-state index contributed by atoms with van der Waals surface area (Å²) in [4.78, 5) is 0. The molecule has 0 amide bonds. The summed E-state index contributed by atoms with van der Waals surface area (Å²) in [5, 5.41) is 0. The van der Waals surface area contributed by atoms with Crippen molar-refractivity contribution in [2.75, 3.05) is 0 Å². The predicted molar refractivity (Wildman–Crippen MR) is 75.4 cm³/mol. The van der Waals surface area contributed by atoms with Gasteiger partial charge in [-0.2, -0.15) is 0 Å². The van der Waals surface area contributed by atoms with Crippen molar-refractivity contribution in [3.05, 3.63) is 0 Å². The first-order valence-electron chi connectivity index (χ1n) is 7.24. The van der Waals surface area contributed by atoms with Gasteiger partial charge in [0.1, 0.15) is 0 Å². The van der Waals surface area contributed by atoms with E-state index in [1.54, 1.807) is 17.7 Å². The fraction of sp³-hybridized carbons (Fsp3) is 1.00. The third-order valence-corrected chi connectivity index (χ3v) is 20.3. The van der Waals surface area contributed by atoms with E-state index >= 15 is 0 Å². The van der Waals surface area contributed by atoms with Gasteiger partial charge in [-0.1, -0.05) is 0 Å². The van der Waals surface area contributed by atoms with E-state index in [-0.39, 0.29) is 0 Å². The first-order valence-corrected chi connectivity index (χ1v) is 15.3. The van der Waals surface area contributed by atoms with Crippen molar-refractivity contribution in [3.8, 4) is 0 Å². The van der Waals surface area contributed by atoms with Crippen molar-refractivity contribution >= 4 is 18.4 Å². The van der Waals surface area contributed by atoms with E-state index in [1.165, 1.54) is 38.5 Å². The summed E-state index contributed by atoms with van der Waals surface area (Å²) in [6, 6.07) is 0. The van der Waals surface area contributed by atoms with Crippen LogP contribution < -0.4 is 0 Å². The van der Waals surface area contributed by atoms with Gasteiger partial charge in [-0.05, 0) is 0 Å². The Morgan fingerprint density at radius 2 is 0.933 bits per heavy atom. The van der Waals surface area contributed by atoms with Gasteiger partial charge < -0.3 is 0 Å². The zero-order valence-corrected chi connectivity index (χ0v) is 14.4. The molecule has 0 rings (SSSR count). The summed E-state index contributed by atoms with van der Waals surface area (Å²) in [6.45, 7) is 9.56. The molecule has 0 unspecified atom stereocenters. The molecule has 0 N–H and O–H groups in total. The SMILES string of the molecule is CCC[CH2][Sn]([CH2]C)([CH2]CCC)[CH2]CCC. The van der Waals surface area contributed by atoms with Crippen molar-refractivity contribution < 1.29 is 0 Å². The molecule has 0 radical (unpaired) electrons. The van der Waals surface area contributed by atoms with E-state index in [1.807, 2.05) is 0 Å². The maximum absolute atomic E-state index is 2.50. The van der Waals surface area contributed by atoms with Gasteiger partial charge in [0.05, 0.1) is 0 Å². The van der Waals surface area contributed by atoms with Crippen molar-refractivity contribution in [2.45, 2.75) is 84.0 Å². The summed E-state index contributed by atoms with van der Waals surface area (Å²) in [5.74, 6) is 0. The van der Waals surface area contributed by atoms with Crippen LogP contribution in [0.4, 0.5) is 0 Å². The second-order valence-corrected chi connectivity index (χ2v) is 20.0. The molecule has 0 saturated carbocycles. The van der Waals surface area contributed by atoms with Crippen LogP contribution in [0.25, 0.3) is 0 Å². The molecule has 0 aromatic carbocycles. The van der Waals surface area contributed by atoms with Crippen LogP contribution in [-0.4, -0.2) is 18.4 Å². The van der Waals surface area contributed by atoms with Gasteiger partial charge in [0, 0.05) is 0 Å². The van der Waals surface area contributed by atoms with Crippen molar-refractivity contribution in [2.24, 2.45) is 0 Å². The van der Waals surface area contributed by atoms with Crippen LogP contribution in [0, 0.1) is 0 Å². The Kier molecular flexibility index (Phi) is 10.5. The third-order valence-electron chi connectivity index (χ3n) is 3.93. The molecule has 0 spiro atoms. The Bertz CT molecular complexity index is 110. The number of unbranched alkanes of at least 4 members (excludes halogenated alkanes) is 3. The van der Waals surface area contributed by atoms with Gasteiger partial charge in [-0.3, -0.25) is 0 Å². The van der Waals surface area contributed by atoms with Crippen LogP contribution in [0.15, 0.2) is 0 Å². The Morgan fingerprint density at radius 3 is 1.13 bits per heavy atom. The van der Waals surface area contributed by atoms with E-state index in [0.29, 0.717) is 0 Å². The molecule has 0 aliphatic carbocycles. The fourth-order valence-corrected chi connectivity index (χ4v) is 17.2. The van der Waals surface area contributed by atoms with E-state index < -0.39 is 18.4 Å². The van der Waals surface area contributed by atoms with Crippen LogP contribution >= 0.6 is 0 Å². The standard InChI is InChI=1S/3C4H9.C2H5.Sn/c3*1-3-4-2;1-2;/h3*1,3-4H2,2H3;1H2,2H3;. The summed E-state index contributed by atoms with van der Waals surface area (Å²) < 4.78 is 6.65. The summed E-state index contributed by atoms with van der Waals surface area (Å²) in [5.41, 5.74) is 0. The maximum atomic E-state index is 2.50. The van der Waals surface area contributed by atoms with Gasteiger partial charge in [-0.25, -0.2) is 0 Å². The molecule has 15 heavy (non-hydrogen) atoms. The number of hydrogen-bond acceptors (Lipinski definition) is 0. The summed E-state index contributed by atoms with van der Waals surface area (Å²) >= 11 is -1.62. The van der Waals surface area contributed by atoms with Gasteiger partial charge in [-0.15, -0.1) is 0 Å². The first kappa shape index (κ1) is 15.8. The van der Waals surface area contributed by atoms with Gasteiger partial charge >= 0.3 is 102 Å². The molecule has 92 valence electrons. The molecule has 1 heteroatoms. The molecule has 0 aromatic rings. The molecule has 0 aromatic heterocycles. The minimum absolute atomic E-state index is 1.41. The van der Waals surface area contributed by atoms with Crippen LogP contribution in [0.1, 0.15) is 66.2 Å². The Hall–Kier alpha value is 0.799. The molecule has 0 fully saturated rings. The zero-order chi connectivity index (χ0) is 11.6. The second-order valence-electron chi connectivity index (χ2n) is 5.16. The van der Waals surface area contributed by atoms with Crippen LogP contribution in [-0.2, 0) is 0 Å². The van der Waals surface area contributed by atoms with Gasteiger partial charge in [0.2, 0.25) is 0 Å². The zero-order valence-electron chi connectivity index (χ0n) is 11.6. The molecular weight excluding hydrogens is 287 g/mol. The van der Waals surface area contributed by atoms with Crippen LogP contribution in [0.3, 0.4) is 0 Å². The molecule has 0 saturated heterocycles. The fourth-order valence-electron chi connectivity index (χ4n) is 2.56. The molecule has 0 aliphatic heterocycles. The van der Waals surface area contributed by atoms with Gasteiger partial charge in [0.25, 0.3) is 0 Å². The van der Waals surface area contributed by atoms with E-state index in [2.05, 4.69) is 27.7 Å². The third kappa shape index (κ3) is 6.86. The van der Waals surface area contributed by atoms with Crippen molar-refractivity contribution in [3.63, 3.8) is 0 Å². The van der Waals surface area contributed by atoms with Crippen molar-refractivity contribution in [1.29, 1.82) is 0 Å². The molecule has 0 aliphatic rings. The van der Waals surface area contributed by atoms with Crippen LogP contribution in [0.2, 0.25) is 17.7 Å². The average molecular weight is 319 g/mol. The molecule has 0 heterocycles. The Morgan fingerprint density at radius 1 is 0.600 bits per heavy atom. The monoisotopic (exact) mass is 320 g/mol. The van der Waals surface area contributed by atoms with Crippen LogP contribution in [0.5, 0.6) is 0 Å². The first-order chi connectivity index (χ1) is 7.24. The second kappa shape index (κ2) is 9.99. The Labute approximate surface area is 102 Å². The number of hydrogen-bond donors (Lipinski definition) is 0. The molecule has 0 nitrogen and oxygen atoms in total. The quantitative estimate of drug-likeness (QED) is 0.443. The van der Waals surface area contributed by atoms with E-state index in [9.17, 15) is 0 Å². The summed E-state index contributed by atoms with van der Waals surface area (Å²) in [6.07, 6.45) is 8.82. The molecule has 0 atom stereocenters. The average Bonchev–Trinajstić information content (AvgIpc) is 2.29. The predicted octanol–water partition coefficient (Wildman–Crippen LogP) is 5.86. The topological polar surface area (TPSA) is 0 Å².